The van der Waals surface area contributed by atoms with Gasteiger partial charge in [0, 0.05) is 23.9 Å². The summed E-state index contributed by atoms with van der Waals surface area (Å²) in [6, 6.07) is 9.36. The zero-order valence-electron chi connectivity index (χ0n) is 13.0. The summed E-state index contributed by atoms with van der Waals surface area (Å²) >= 11 is 0. The third-order valence-electron chi connectivity index (χ3n) is 3.47. The highest BCUT2D eigenvalue weighted by atomic mass is 16.5. The van der Waals surface area contributed by atoms with E-state index in [0.717, 1.165) is 17.7 Å². The zero-order valence-corrected chi connectivity index (χ0v) is 13.0. The van der Waals surface area contributed by atoms with Gasteiger partial charge in [-0.05, 0) is 36.6 Å². The molecule has 5 nitrogen and oxygen atoms in total. The van der Waals surface area contributed by atoms with E-state index in [1.54, 1.807) is 12.4 Å². The monoisotopic (exact) mass is 304 g/mol. The Labute approximate surface area is 134 Å². The van der Waals surface area contributed by atoms with Crippen molar-refractivity contribution in [2.45, 2.75) is 26.2 Å². The molecular formula is C18H16N4O. The molecule has 3 aromatic rings. The highest BCUT2D eigenvalue weighted by Crippen LogP contribution is 2.20. The van der Waals surface area contributed by atoms with Crippen LogP contribution in [0.25, 0.3) is 11.5 Å². The molecule has 3 aromatic heterocycles. The molecule has 3 rings (SSSR count). The third kappa shape index (κ3) is 3.61. The second-order valence-corrected chi connectivity index (χ2v) is 5.16. The summed E-state index contributed by atoms with van der Waals surface area (Å²) < 4.78 is 5.27. The van der Waals surface area contributed by atoms with Gasteiger partial charge in [0.15, 0.2) is 0 Å². The van der Waals surface area contributed by atoms with Gasteiger partial charge in [-0.3, -0.25) is 4.98 Å². The highest BCUT2D eigenvalue weighted by Gasteiger charge is 2.14. The maximum Gasteiger partial charge on any atom is 0.229 e. The molecule has 0 saturated heterocycles. The fourth-order valence-corrected chi connectivity index (χ4v) is 1.89. The molecule has 0 aliphatic carbocycles. The first-order valence-electron chi connectivity index (χ1n) is 7.49. The van der Waals surface area contributed by atoms with Gasteiger partial charge in [-0.1, -0.05) is 31.0 Å². The Kier molecular flexibility index (Phi) is 4.44. The van der Waals surface area contributed by atoms with Crippen molar-refractivity contribution < 1.29 is 4.52 Å². The Morgan fingerprint density at radius 3 is 2.74 bits per heavy atom. The second-order valence-electron chi connectivity index (χ2n) is 5.16. The minimum Gasteiger partial charge on any atom is -0.339 e. The lowest BCUT2D eigenvalue weighted by Gasteiger charge is -1.98. The van der Waals surface area contributed by atoms with Crippen molar-refractivity contribution in [1.82, 2.24) is 20.1 Å². The smallest absolute Gasteiger partial charge is 0.229 e. The first kappa shape index (κ1) is 14.9. The van der Waals surface area contributed by atoms with Crippen LogP contribution in [0.5, 0.6) is 0 Å². The van der Waals surface area contributed by atoms with Crippen molar-refractivity contribution in [2.75, 3.05) is 0 Å². The second kappa shape index (κ2) is 6.84. The lowest BCUT2D eigenvalue weighted by Crippen LogP contribution is -1.92. The molecule has 0 bridgehead atoms. The molecular weight excluding hydrogens is 288 g/mol. The van der Waals surface area contributed by atoms with E-state index in [2.05, 4.69) is 45.8 Å². The van der Waals surface area contributed by atoms with E-state index in [-0.39, 0.29) is 5.92 Å². The average molecular weight is 304 g/mol. The molecule has 1 unspecified atom stereocenters. The fraction of sp³-hybridized carbons (Fsp3) is 0.222. The molecule has 0 fully saturated rings. The van der Waals surface area contributed by atoms with Crippen molar-refractivity contribution in [2.24, 2.45) is 0 Å². The van der Waals surface area contributed by atoms with Crippen LogP contribution in [-0.2, 0) is 0 Å². The zero-order chi connectivity index (χ0) is 16.1. The maximum atomic E-state index is 5.27. The number of hydrogen-bond acceptors (Lipinski definition) is 5. The molecule has 0 amide bonds. The van der Waals surface area contributed by atoms with Crippen LogP contribution in [0.3, 0.4) is 0 Å². The topological polar surface area (TPSA) is 64.7 Å². The van der Waals surface area contributed by atoms with Gasteiger partial charge in [-0.2, -0.15) is 4.98 Å². The highest BCUT2D eigenvalue weighted by molar-refractivity contribution is 5.50. The minimum atomic E-state index is 0.250. The van der Waals surface area contributed by atoms with Crippen molar-refractivity contribution in [3.05, 3.63) is 59.9 Å². The normalized spacial score (nSPS) is 11.6. The van der Waals surface area contributed by atoms with Crippen molar-refractivity contribution >= 4 is 0 Å². The fourth-order valence-electron chi connectivity index (χ4n) is 1.89. The quantitative estimate of drug-likeness (QED) is 0.693. The van der Waals surface area contributed by atoms with Crippen LogP contribution in [-0.4, -0.2) is 20.1 Å². The van der Waals surface area contributed by atoms with Gasteiger partial charge in [0.25, 0.3) is 0 Å². The van der Waals surface area contributed by atoms with Crippen molar-refractivity contribution in [1.29, 1.82) is 0 Å². The lowest BCUT2D eigenvalue weighted by atomic mass is 10.1. The standard InChI is InChI=1S/C18H16N4O/c1-3-13(2)18-21-17(22-23-18)16-10-8-14(12-20-16)7-9-15-6-4-5-11-19-15/h4-6,8,10-13H,3H2,1-2H3. The molecule has 0 aromatic carbocycles. The largest absolute Gasteiger partial charge is 0.339 e. The third-order valence-corrected chi connectivity index (χ3v) is 3.47. The first-order valence-corrected chi connectivity index (χ1v) is 7.49. The number of aromatic nitrogens is 4. The number of pyridine rings is 2. The molecule has 114 valence electrons. The molecule has 0 spiro atoms. The lowest BCUT2D eigenvalue weighted by molar-refractivity contribution is 0.357. The number of hydrogen-bond donors (Lipinski definition) is 0. The van der Waals surface area contributed by atoms with Crippen LogP contribution in [0.4, 0.5) is 0 Å². The Morgan fingerprint density at radius 2 is 2.04 bits per heavy atom. The molecule has 0 N–H and O–H groups in total. The first-order chi connectivity index (χ1) is 11.3. The van der Waals surface area contributed by atoms with E-state index in [1.165, 1.54) is 0 Å². The van der Waals surface area contributed by atoms with Gasteiger partial charge in [-0.25, -0.2) is 4.98 Å². The molecule has 5 heteroatoms. The summed E-state index contributed by atoms with van der Waals surface area (Å²) in [5, 5.41) is 3.98. The summed E-state index contributed by atoms with van der Waals surface area (Å²) in [5.74, 6) is 7.42. The predicted octanol–water partition coefficient (Wildman–Crippen LogP) is 3.44. The van der Waals surface area contributed by atoms with E-state index in [9.17, 15) is 0 Å². The van der Waals surface area contributed by atoms with E-state index in [0.29, 0.717) is 17.4 Å². The summed E-state index contributed by atoms with van der Waals surface area (Å²) in [4.78, 5) is 12.9. The molecule has 23 heavy (non-hydrogen) atoms. The van der Waals surface area contributed by atoms with Crippen LogP contribution >= 0.6 is 0 Å². The summed E-state index contributed by atoms with van der Waals surface area (Å²) in [6.45, 7) is 4.14. The van der Waals surface area contributed by atoms with E-state index < -0.39 is 0 Å². The van der Waals surface area contributed by atoms with Gasteiger partial charge in [0.05, 0.1) is 0 Å². The Morgan fingerprint density at radius 1 is 1.13 bits per heavy atom. The maximum absolute atomic E-state index is 5.27. The molecule has 1 atom stereocenters. The van der Waals surface area contributed by atoms with E-state index >= 15 is 0 Å². The van der Waals surface area contributed by atoms with Gasteiger partial charge >= 0.3 is 0 Å². The SMILES string of the molecule is CCC(C)c1nc(-c2ccc(C#Cc3ccccn3)cn2)no1. The molecule has 0 aliphatic heterocycles. The van der Waals surface area contributed by atoms with Gasteiger partial charge in [0.2, 0.25) is 11.7 Å². The number of rotatable bonds is 3. The van der Waals surface area contributed by atoms with Crippen molar-refractivity contribution in [3.8, 4) is 23.4 Å². The molecule has 0 saturated carbocycles. The Balaban J connectivity index is 1.77. The van der Waals surface area contributed by atoms with Gasteiger partial charge in [0.1, 0.15) is 11.4 Å². The average Bonchev–Trinajstić information content (AvgIpc) is 3.11. The van der Waals surface area contributed by atoms with Gasteiger partial charge < -0.3 is 4.52 Å². The van der Waals surface area contributed by atoms with Crippen molar-refractivity contribution in [3.63, 3.8) is 0 Å². The van der Waals surface area contributed by atoms with E-state index in [1.807, 2.05) is 30.3 Å². The minimum absolute atomic E-state index is 0.250. The van der Waals surface area contributed by atoms with Gasteiger partial charge in [-0.15, -0.1) is 0 Å². The molecule has 0 aliphatic rings. The van der Waals surface area contributed by atoms with E-state index in [4.69, 9.17) is 4.52 Å². The molecule has 3 heterocycles. The van der Waals surface area contributed by atoms with Crippen LogP contribution in [0, 0.1) is 11.8 Å². The summed E-state index contributed by atoms with van der Waals surface area (Å²) in [7, 11) is 0. The summed E-state index contributed by atoms with van der Waals surface area (Å²) in [5.41, 5.74) is 2.21. The van der Waals surface area contributed by atoms with Crippen LogP contribution in [0.15, 0.2) is 47.2 Å². The molecule has 0 radical (unpaired) electrons. The van der Waals surface area contributed by atoms with Crippen LogP contribution < -0.4 is 0 Å². The summed E-state index contributed by atoms with van der Waals surface area (Å²) in [6.07, 6.45) is 4.37. The number of nitrogens with zero attached hydrogens (tertiary/aromatic N) is 4. The Hall–Kier alpha value is -3.00. The van der Waals surface area contributed by atoms with Crippen LogP contribution in [0.1, 0.15) is 43.3 Å². The van der Waals surface area contributed by atoms with Crippen LogP contribution in [0.2, 0.25) is 0 Å². The Bertz CT molecular complexity index is 829. The predicted molar refractivity (Wildman–Crippen MR) is 86.5 cm³/mol.